The first-order valence-electron chi connectivity index (χ1n) is 10.6. The number of hydrogen-bond acceptors (Lipinski definition) is 3. The van der Waals surface area contributed by atoms with Crippen molar-refractivity contribution in [2.24, 2.45) is 4.99 Å². The maximum atomic E-state index is 6.04. The van der Waals surface area contributed by atoms with E-state index in [1.165, 1.54) is 31.2 Å². The molecule has 160 valence electrons. The van der Waals surface area contributed by atoms with E-state index >= 15 is 0 Å². The minimum Gasteiger partial charge on any atom is -0.490 e. The molecule has 1 aromatic carbocycles. The number of halogens is 1. The molecule has 0 radical (unpaired) electrons. The van der Waals surface area contributed by atoms with E-state index in [-0.39, 0.29) is 24.0 Å². The standard InChI is InChI=1S/C22H33N5O.HI/c1-2-23-22(24-14-5-17-27-18-6-15-26-27)25-16-13-19-9-11-21(12-10-19)28-20-7-3-4-8-20;/h6,9-12,15,18,20H,2-5,7-8,13-14,16-17H2,1H3,(H2,23,24,25);1H. The lowest BCUT2D eigenvalue weighted by atomic mass is 10.1. The average molecular weight is 511 g/mol. The number of aryl methyl sites for hydroxylation is 1. The summed E-state index contributed by atoms with van der Waals surface area (Å²) in [6.45, 7) is 5.48. The smallest absolute Gasteiger partial charge is 0.191 e. The van der Waals surface area contributed by atoms with E-state index < -0.39 is 0 Å². The van der Waals surface area contributed by atoms with E-state index in [0.29, 0.717) is 6.10 Å². The summed E-state index contributed by atoms with van der Waals surface area (Å²) in [5.41, 5.74) is 1.31. The van der Waals surface area contributed by atoms with Crippen LogP contribution in [-0.2, 0) is 13.0 Å². The minimum absolute atomic E-state index is 0. The van der Waals surface area contributed by atoms with Crippen LogP contribution in [0.3, 0.4) is 0 Å². The highest BCUT2D eigenvalue weighted by molar-refractivity contribution is 14.0. The molecule has 0 spiro atoms. The highest BCUT2D eigenvalue weighted by atomic mass is 127. The Morgan fingerprint density at radius 3 is 2.69 bits per heavy atom. The number of nitrogens with one attached hydrogen (secondary N) is 2. The number of guanidine groups is 1. The Morgan fingerprint density at radius 1 is 1.21 bits per heavy atom. The molecule has 1 aromatic heterocycles. The fourth-order valence-corrected chi connectivity index (χ4v) is 3.46. The summed E-state index contributed by atoms with van der Waals surface area (Å²) in [6.07, 6.45) is 11.1. The van der Waals surface area contributed by atoms with Crippen LogP contribution in [0.4, 0.5) is 0 Å². The van der Waals surface area contributed by atoms with Crippen LogP contribution in [0, 0.1) is 0 Å². The predicted molar refractivity (Wildman–Crippen MR) is 129 cm³/mol. The lowest BCUT2D eigenvalue weighted by Gasteiger charge is -2.14. The van der Waals surface area contributed by atoms with Gasteiger partial charge >= 0.3 is 0 Å². The number of rotatable bonds is 10. The Kier molecular flexibility index (Phi) is 10.9. The minimum atomic E-state index is 0. The first kappa shape index (κ1) is 23.5. The van der Waals surface area contributed by atoms with Crippen molar-refractivity contribution in [3.05, 3.63) is 48.3 Å². The Labute approximate surface area is 191 Å². The van der Waals surface area contributed by atoms with Gasteiger partial charge in [0.15, 0.2) is 5.96 Å². The largest absolute Gasteiger partial charge is 0.490 e. The molecule has 0 amide bonds. The van der Waals surface area contributed by atoms with Gasteiger partial charge < -0.3 is 15.4 Å². The third-order valence-corrected chi connectivity index (χ3v) is 4.95. The molecule has 0 aliphatic heterocycles. The molecule has 1 saturated carbocycles. The van der Waals surface area contributed by atoms with Crippen LogP contribution in [0.2, 0.25) is 0 Å². The van der Waals surface area contributed by atoms with Gasteiger partial charge in [-0.25, -0.2) is 0 Å². The van der Waals surface area contributed by atoms with Gasteiger partial charge in [-0.1, -0.05) is 12.1 Å². The molecule has 1 aliphatic carbocycles. The topological polar surface area (TPSA) is 63.5 Å². The molecule has 2 N–H and O–H groups in total. The first-order valence-corrected chi connectivity index (χ1v) is 10.6. The molecule has 0 saturated heterocycles. The summed E-state index contributed by atoms with van der Waals surface area (Å²) >= 11 is 0. The zero-order valence-corrected chi connectivity index (χ0v) is 19.7. The molecule has 7 heteroatoms. The van der Waals surface area contributed by atoms with Crippen LogP contribution in [0.5, 0.6) is 5.75 Å². The van der Waals surface area contributed by atoms with Crippen molar-refractivity contribution >= 4 is 29.9 Å². The van der Waals surface area contributed by atoms with Gasteiger partial charge in [-0.2, -0.15) is 5.10 Å². The zero-order valence-electron chi connectivity index (χ0n) is 17.3. The maximum absolute atomic E-state index is 6.04. The number of aliphatic imine (C=N–C) groups is 1. The monoisotopic (exact) mass is 511 g/mol. The predicted octanol–water partition coefficient (Wildman–Crippen LogP) is 4.01. The molecule has 2 aromatic rings. The molecule has 29 heavy (non-hydrogen) atoms. The third-order valence-electron chi connectivity index (χ3n) is 4.95. The van der Waals surface area contributed by atoms with Gasteiger partial charge in [0.1, 0.15) is 5.75 Å². The van der Waals surface area contributed by atoms with Crippen molar-refractivity contribution in [1.29, 1.82) is 0 Å². The van der Waals surface area contributed by atoms with Crippen molar-refractivity contribution < 1.29 is 4.74 Å². The first-order chi connectivity index (χ1) is 13.8. The van der Waals surface area contributed by atoms with Crippen molar-refractivity contribution in [2.75, 3.05) is 19.6 Å². The van der Waals surface area contributed by atoms with Crippen molar-refractivity contribution in [3.8, 4) is 5.75 Å². The molecular formula is C22H34IN5O. The second-order valence-corrected chi connectivity index (χ2v) is 7.23. The number of benzene rings is 1. The van der Waals surface area contributed by atoms with E-state index in [9.17, 15) is 0 Å². The normalized spacial score (nSPS) is 14.4. The van der Waals surface area contributed by atoms with E-state index in [4.69, 9.17) is 4.74 Å². The van der Waals surface area contributed by atoms with E-state index in [0.717, 1.165) is 50.7 Å². The van der Waals surface area contributed by atoms with Crippen LogP contribution in [-0.4, -0.2) is 41.5 Å². The fourth-order valence-electron chi connectivity index (χ4n) is 3.46. The van der Waals surface area contributed by atoms with Gasteiger partial charge in [0.05, 0.1) is 6.10 Å². The Morgan fingerprint density at radius 2 is 2.00 bits per heavy atom. The van der Waals surface area contributed by atoms with Crippen molar-refractivity contribution in [2.45, 2.75) is 58.1 Å². The SMILES string of the molecule is CCNC(=NCCCn1cccn1)NCCc1ccc(OC2CCCC2)cc1.I. The quantitative estimate of drug-likeness (QED) is 0.219. The number of hydrogen-bond donors (Lipinski definition) is 2. The molecule has 1 heterocycles. The van der Waals surface area contributed by atoms with Gasteiger partial charge in [-0.15, -0.1) is 24.0 Å². The average Bonchev–Trinajstić information content (AvgIpc) is 3.41. The lowest BCUT2D eigenvalue weighted by Crippen LogP contribution is -2.38. The van der Waals surface area contributed by atoms with Crippen LogP contribution in [0.15, 0.2) is 47.7 Å². The molecule has 0 atom stereocenters. The van der Waals surface area contributed by atoms with Gasteiger partial charge in [0, 0.05) is 38.6 Å². The second-order valence-electron chi connectivity index (χ2n) is 7.23. The number of aromatic nitrogens is 2. The Hall–Kier alpha value is -1.77. The summed E-state index contributed by atoms with van der Waals surface area (Å²) in [5.74, 6) is 1.87. The molecule has 1 aliphatic rings. The van der Waals surface area contributed by atoms with E-state index in [1.807, 2.05) is 23.1 Å². The van der Waals surface area contributed by atoms with E-state index in [2.05, 4.69) is 51.9 Å². The highest BCUT2D eigenvalue weighted by Gasteiger charge is 2.16. The molecule has 1 fully saturated rings. The molecular weight excluding hydrogens is 477 g/mol. The van der Waals surface area contributed by atoms with Gasteiger partial charge in [-0.05, 0) is 69.2 Å². The Bertz CT molecular complexity index is 697. The van der Waals surface area contributed by atoms with Crippen LogP contribution in [0.25, 0.3) is 0 Å². The number of nitrogens with zero attached hydrogens (tertiary/aromatic N) is 3. The molecule has 6 nitrogen and oxygen atoms in total. The molecule has 0 unspecified atom stereocenters. The van der Waals surface area contributed by atoms with E-state index in [1.54, 1.807) is 0 Å². The Balaban J connectivity index is 0.00000300. The summed E-state index contributed by atoms with van der Waals surface area (Å²) in [6, 6.07) is 10.5. The van der Waals surface area contributed by atoms with Crippen molar-refractivity contribution in [1.82, 2.24) is 20.4 Å². The van der Waals surface area contributed by atoms with Crippen LogP contribution >= 0.6 is 24.0 Å². The van der Waals surface area contributed by atoms with Gasteiger partial charge in [-0.3, -0.25) is 9.67 Å². The summed E-state index contributed by atoms with van der Waals surface area (Å²) < 4.78 is 7.98. The highest BCUT2D eigenvalue weighted by Crippen LogP contribution is 2.24. The van der Waals surface area contributed by atoms with Crippen molar-refractivity contribution in [3.63, 3.8) is 0 Å². The molecule has 0 bridgehead atoms. The fraction of sp³-hybridized carbons (Fsp3) is 0.545. The van der Waals surface area contributed by atoms with Gasteiger partial charge in [0.2, 0.25) is 0 Å². The lowest BCUT2D eigenvalue weighted by molar-refractivity contribution is 0.210. The molecule has 3 rings (SSSR count). The maximum Gasteiger partial charge on any atom is 0.191 e. The summed E-state index contributed by atoms with van der Waals surface area (Å²) in [5, 5.41) is 10.9. The zero-order chi connectivity index (χ0) is 19.4. The second kappa shape index (κ2) is 13.5. The van der Waals surface area contributed by atoms with Crippen LogP contribution < -0.4 is 15.4 Å². The number of ether oxygens (including phenoxy) is 1. The summed E-state index contributed by atoms with van der Waals surface area (Å²) in [4.78, 5) is 4.65. The third kappa shape index (κ3) is 8.64. The van der Waals surface area contributed by atoms with Gasteiger partial charge in [0.25, 0.3) is 0 Å². The summed E-state index contributed by atoms with van der Waals surface area (Å²) in [7, 11) is 0. The van der Waals surface area contributed by atoms with Crippen LogP contribution in [0.1, 0.15) is 44.6 Å².